The van der Waals surface area contributed by atoms with Gasteiger partial charge in [-0.2, -0.15) is 0 Å². The van der Waals surface area contributed by atoms with Crippen LogP contribution in [0.5, 0.6) is 0 Å². The van der Waals surface area contributed by atoms with Crippen molar-refractivity contribution in [3.63, 3.8) is 0 Å². The standard InChI is InChI=1S/C6H8ClNS/c1-4-3-5(7)6(8-2)9-4/h3,8H,1-2H3. The molecule has 1 aromatic rings. The van der Waals surface area contributed by atoms with Crippen LogP contribution in [0.4, 0.5) is 5.00 Å². The summed E-state index contributed by atoms with van der Waals surface area (Å²) < 4.78 is 0. The first-order chi connectivity index (χ1) is 4.24. The zero-order valence-corrected chi connectivity index (χ0v) is 6.94. The molecule has 3 heteroatoms. The molecule has 0 fully saturated rings. The van der Waals surface area contributed by atoms with Crippen molar-refractivity contribution >= 4 is 27.9 Å². The molecule has 9 heavy (non-hydrogen) atoms. The molecule has 0 amide bonds. The molecule has 1 heterocycles. The van der Waals surface area contributed by atoms with E-state index in [9.17, 15) is 0 Å². The van der Waals surface area contributed by atoms with Crippen LogP contribution >= 0.6 is 22.9 Å². The van der Waals surface area contributed by atoms with E-state index < -0.39 is 0 Å². The quantitative estimate of drug-likeness (QED) is 0.668. The highest BCUT2D eigenvalue weighted by Gasteiger charge is 1.99. The zero-order valence-electron chi connectivity index (χ0n) is 5.36. The molecule has 0 radical (unpaired) electrons. The van der Waals surface area contributed by atoms with Crippen LogP contribution in [-0.4, -0.2) is 7.05 Å². The summed E-state index contributed by atoms with van der Waals surface area (Å²) in [5.74, 6) is 0. The van der Waals surface area contributed by atoms with E-state index in [0.29, 0.717) is 0 Å². The van der Waals surface area contributed by atoms with Crippen LogP contribution in [-0.2, 0) is 0 Å². The first-order valence-electron chi connectivity index (χ1n) is 2.67. The Morgan fingerprint density at radius 2 is 2.33 bits per heavy atom. The second-order valence-electron chi connectivity index (χ2n) is 1.78. The number of thiophene rings is 1. The Morgan fingerprint density at radius 3 is 2.56 bits per heavy atom. The minimum absolute atomic E-state index is 0.819. The number of hydrogen-bond donors (Lipinski definition) is 1. The Kier molecular flexibility index (Phi) is 1.98. The fraction of sp³-hybridized carbons (Fsp3) is 0.333. The fourth-order valence-electron chi connectivity index (χ4n) is 0.654. The van der Waals surface area contributed by atoms with Gasteiger partial charge < -0.3 is 5.32 Å². The van der Waals surface area contributed by atoms with Crippen molar-refractivity contribution in [3.05, 3.63) is 16.0 Å². The lowest BCUT2D eigenvalue weighted by Crippen LogP contribution is -1.81. The number of aryl methyl sites for hydroxylation is 1. The topological polar surface area (TPSA) is 12.0 Å². The maximum Gasteiger partial charge on any atom is 0.107 e. The predicted molar refractivity (Wildman–Crippen MR) is 43.6 cm³/mol. The lowest BCUT2D eigenvalue weighted by atomic mass is 10.5. The van der Waals surface area contributed by atoms with Crippen molar-refractivity contribution in [3.8, 4) is 0 Å². The number of rotatable bonds is 1. The van der Waals surface area contributed by atoms with Crippen LogP contribution in [0.2, 0.25) is 5.02 Å². The van der Waals surface area contributed by atoms with Gasteiger partial charge in [0.15, 0.2) is 0 Å². The summed E-state index contributed by atoms with van der Waals surface area (Å²) in [7, 11) is 1.87. The van der Waals surface area contributed by atoms with E-state index in [0.717, 1.165) is 10.0 Å². The van der Waals surface area contributed by atoms with Crippen molar-refractivity contribution in [1.29, 1.82) is 0 Å². The van der Waals surface area contributed by atoms with E-state index in [1.54, 1.807) is 11.3 Å². The van der Waals surface area contributed by atoms with Crippen LogP contribution in [0.25, 0.3) is 0 Å². The highest BCUT2D eigenvalue weighted by molar-refractivity contribution is 7.16. The van der Waals surface area contributed by atoms with Crippen molar-refractivity contribution in [2.75, 3.05) is 12.4 Å². The second kappa shape index (κ2) is 2.58. The molecule has 0 aliphatic carbocycles. The average Bonchev–Trinajstić information content (AvgIpc) is 2.10. The molecule has 0 bridgehead atoms. The molecule has 1 aromatic heterocycles. The average molecular weight is 162 g/mol. The molecule has 0 aliphatic rings. The summed E-state index contributed by atoms with van der Waals surface area (Å²) in [5, 5.41) is 4.87. The number of nitrogens with one attached hydrogen (secondary N) is 1. The normalized spacial score (nSPS) is 9.67. The lowest BCUT2D eigenvalue weighted by Gasteiger charge is -1.90. The minimum atomic E-state index is 0.819. The number of hydrogen-bond acceptors (Lipinski definition) is 2. The third-order valence-electron chi connectivity index (χ3n) is 1.04. The highest BCUT2D eigenvalue weighted by Crippen LogP contribution is 2.30. The van der Waals surface area contributed by atoms with Gasteiger partial charge in [-0.05, 0) is 13.0 Å². The van der Waals surface area contributed by atoms with E-state index in [4.69, 9.17) is 11.6 Å². The summed E-state index contributed by atoms with van der Waals surface area (Å²) >= 11 is 7.46. The molecule has 1 nitrogen and oxygen atoms in total. The summed E-state index contributed by atoms with van der Waals surface area (Å²) in [6.45, 7) is 2.04. The fourth-order valence-corrected chi connectivity index (χ4v) is 1.85. The molecule has 0 atom stereocenters. The molecule has 0 saturated carbocycles. The van der Waals surface area contributed by atoms with Gasteiger partial charge in [0.2, 0.25) is 0 Å². The van der Waals surface area contributed by atoms with Gasteiger partial charge in [0, 0.05) is 11.9 Å². The summed E-state index contributed by atoms with van der Waals surface area (Å²) in [6.07, 6.45) is 0. The number of halogens is 1. The Balaban J connectivity index is 3.01. The van der Waals surface area contributed by atoms with Crippen molar-refractivity contribution < 1.29 is 0 Å². The largest absolute Gasteiger partial charge is 0.379 e. The van der Waals surface area contributed by atoms with E-state index in [1.807, 2.05) is 20.0 Å². The van der Waals surface area contributed by atoms with Gasteiger partial charge >= 0.3 is 0 Å². The van der Waals surface area contributed by atoms with Gasteiger partial charge in [0.1, 0.15) is 5.00 Å². The zero-order chi connectivity index (χ0) is 6.85. The predicted octanol–water partition coefficient (Wildman–Crippen LogP) is 2.75. The van der Waals surface area contributed by atoms with Crippen molar-refractivity contribution in [1.82, 2.24) is 0 Å². The maximum atomic E-state index is 5.79. The Hall–Kier alpha value is -0.210. The van der Waals surface area contributed by atoms with Gasteiger partial charge in [-0.15, -0.1) is 11.3 Å². The smallest absolute Gasteiger partial charge is 0.107 e. The first-order valence-corrected chi connectivity index (χ1v) is 3.87. The molecule has 1 rings (SSSR count). The lowest BCUT2D eigenvalue weighted by molar-refractivity contribution is 1.59. The maximum absolute atomic E-state index is 5.79. The summed E-state index contributed by atoms with van der Waals surface area (Å²) in [4.78, 5) is 1.24. The minimum Gasteiger partial charge on any atom is -0.379 e. The molecule has 50 valence electrons. The molecular formula is C6H8ClNS. The van der Waals surface area contributed by atoms with Gasteiger partial charge in [0.25, 0.3) is 0 Å². The molecule has 0 unspecified atom stereocenters. The molecule has 1 N–H and O–H groups in total. The molecule has 0 aliphatic heterocycles. The Labute approximate surface area is 63.7 Å². The third-order valence-corrected chi connectivity index (χ3v) is 2.52. The van der Waals surface area contributed by atoms with Gasteiger partial charge in [0.05, 0.1) is 5.02 Å². The van der Waals surface area contributed by atoms with Crippen LogP contribution in [0.15, 0.2) is 6.07 Å². The van der Waals surface area contributed by atoms with Crippen molar-refractivity contribution in [2.45, 2.75) is 6.92 Å². The van der Waals surface area contributed by atoms with E-state index in [2.05, 4.69) is 5.32 Å². The monoisotopic (exact) mass is 161 g/mol. The van der Waals surface area contributed by atoms with Crippen LogP contribution in [0, 0.1) is 6.92 Å². The van der Waals surface area contributed by atoms with E-state index >= 15 is 0 Å². The molecular weight excluding hydrogens is 154 g/mol. The summed E-state index contributed by atoms with van der Waals surface area (Å²) in [6, 6.07) is 1.96. The highest BCUT2D eigenvalue weighted by atomic mass is 35.5. The number of anilines is 1. The van der Waals surface area contributed by atoms with Gasteiger partial charge in [-0.25, -0.2) is 0 Å². The van der Waals surface area contributed by atoms with E-state index in [1.165, 1.54) is 4.88 Å². The first kappa shape index (κ1) is 6.90. The molecule has 0 spiro atoms. The SMILES string of the molecule is CNc1sc(C)cc1Cl. The van der Waals surface area contributed by atoms with E-state index in [-0.39, 0.29) is 0 Å². The molecule has 0 saturated heterocycles. The van der Waals surface area contributed by atoms with Gasteiger partial charge in [-0.1, -0.05) is 11.6 Å². The molecule has 0 aromatic carbocycles. The Morgan fingerprint density at radius 1 is 1.67 bits per heavy atom. The van der Waals surface area contributed by atoms with Crippen LogP contribution in [0.3, 0.4) is 0 Å². The third kappa shape index (κ3) is 1.37. The van der Waals surface area contributed by atoms with Crippen molar-refractivity contribution in [2.24, 2.45) is 0 Å². The Bertz CT molecular complexity index is 207. The van der Waals surface area contributed by atoms with Gasteiger partial charge in [-0.3, -0.25) is 0 Å². The summed E-state index contributed by atoms with van der Waals surface area (Å²) in [5.41, 5.74) is 0. The van der Waals surface area contributed by atoms with Crippen LogP contribution in [0.1, 0.15) is 4.88 Å². The van der Waals surface area contributed by atoms with Crippen LogP contribution < -0.4 is 5.32 Å². The second-order valence-corrected chi connectivity index (χ2v) is 3.45.